The number of piperazine rings is 1. The molecule has 41 heavy (non-hydrogen) atoms. The Labute approximate surface area is 234 Å². The number of benzene rings is 1. The summed E-state index contributed by atoms with van der Waals surface area (Å²) in [5.74, 6) is 0.0623. The summed E-state index contributed by atoms with van der Waals surface area (Å²) in [6.07, 6.45) is -5.37. The van der Waals surface area contributed by atoms with Crippen LogP contribution in [0.1, 0.15) is 36.9 Å². The number of nitrogens with zero attached hydrogens (tertiary/aromatic N) is 4. The molecule has 2 fully saturated rings. The summed E-state index contributed by atoms with van der Waals surface area (Å²) in [6, 6.07) is 6.33. The molecule has 2 aliphatic heterocycles. The van der Waals surface area contributed by atoms with Crippen molar-refractivity contribution in [1.29, 1.82) is 0 Å². The molecular formula is C27H34F6N6O2. The zero-order valence-electron chi connectivity index (χ0n) is 22.7. The van der Waals surface area contributed by atoms with Crippen LogP contribution in [0.3, 0.4) is 0 Å². The molecule has 0 aliphatic carbocycles. The third-order valence-electron chi connectivity index (χ3n) is 7.40. The van der Waals surface area contributed by atoms with Crippen LogP contribution in [-0.4, -0.2) is 79.7 Å². The molecule has 2 aromatic rings. The number of hydrogen-bond acceptors (Lipinski definition) is 7. The number of anilines is 3. The van der Waals surface area contributed by atoms with Crippen LogP contribution in [0.15, 0.2) is 36.5 Å². The molecule has 14 heteroatoms. The van der Waals surface area contributed by atoms with E-state index in [2.05, 4.69) is 25.5 Å². The Morgan fingerprint density at radius 2 is 1.68 bits per heavy atom. The van der Waals surface area contributed by atoms with Gasteiger partial charge in [0.25, 0.3) is 0 Å². The number of nitrogens with one attached hydrogen (secondary N) is 2. The van der Waals surface area contributed by atoms with E-state index in [1.807, 2.05) is 4.90 Å². The number of alkyl halides is 6. The Morgan fingerprint density at radius 1 is 0.976 bits per heavy atom. The van der Waals surface area contributed by atoms with Gasteiger partial charge in [0, 0.05) is 57.4 Å². The van der Waals surface area contributed by atoms with Crippen LogP contribution in [0.4, 0.5) is 43.4 Å². The van der Waals surface area contributed by atoms with Gasteiger partial charge in [0.05, 0.1) is 30.2 Å². The zero-order chi connectivity index (χ0) is 29.6. The number of rotatable bonds is 9. The first-order valence-electron chi connectivity index (χ1n) is 13.5. The summed E-state index contributed by atoms with van der Waals surface area (Å²) >= 11 is 0. The van der Waals surface area contributed by atoms with Gasteiger partial charge in [0.2, 0.25) is 5.91 Å². The first-order valence-corrected chi connectivity index (χ1v) is 13.5. The van der Waals surface area contributed by atoms with Gasteiger partial charge in [-0.2, -0.15) is 26.3 Å². The number of carbonyl (C=O) groups excluding carboxylic acids is 1. The predicted molar refractivity (Wildman–Crippen MR) is 142 cm³/mol. The maximum atomic E-state index is 13.4. The summed E-state index contributed by atoms with van der Waals surface area (Å²) < 4.78 is 78.4. The van der Waals surface area contributed by atoms with Crippen LogP contribution >= 0.6 is 0 Å². The highest BCUT2D eigenvalue weighted by atomic mass is 19.4. The van der Waals surface area contributed by atoms with Crippen LogP contribution in [-0.2, 0) is 22.0 Å². The summed E-state index contributed by atoms with van der Waals surface area (Å²) in [5, 5.41) is 3.16. The fourth-order valence-corrected chi connectivity index (χ4v) is 5.16. The Kier molecular flexibility index (Phi) is 9.84. The summed E-state index contributed by atoms with van der Waals surface area (Å²) in [5.41, 5.74) is 1.38. The molecule has 0 unspecified atom stereocenters. The van der Waals surface area contributed by atoms with Crippen molar-refractivity contribution in [3.05, 3.63) is 47.8 Å². The van der Waals surface area contributed by atoms with Gasteiger partial charge in [-0.25, -0.2) is 4.98 Å². The molecule has 226 valence electrons. The first kappa shape index (κ1) is 30.7. The summed E-state index contributed by atoms with van der Waals surface area (Å²) in [6.45, 7) is 4.63. The minimum absolute atomic E-state index is 0.0440. The van der Waals surface area contributed by atoms with E-state index in [9.17, 15) is 31.1 Å². The minimum atomic E-state index is -4.54. The van der Waals surface area contributed by atoms with Gasteiger partial charge < -0.3 is 15.1 Å². The molecular weight excluding hydrogens is 554 g/mol. The monoisotopic (exact) mass is 588 g/mol. The fourth-order valence-electron chi connectivity index (χ4n) is 5.16. The lowest BCUT2D eigenvalue weighted by Gasteiger charge is -2.36. The first-order chi connectivity index (χ1) is 19.4. The third-order valence-corrected chi connectivity index (χ3v) is 7.40. The second-order valence-electron chi connectivity index (χ2n) is 10.2. The topological polar surface area (TPSA) is 73.0 Å². The van der Waals surface area contributed by atoms with Crippen molar-refractivity contribution in [1.82, 2.24) is 14.8 Å². The number of amides is 1. The molecule has 2 aliphatic rings. The molecule has 2 N–H and O–H groups in total. The van der Waals surface area contributed by atoms with Crippen molar-refractivity contribution in [2.45, 2.75) is 44.1 Å². The highest BCUT2D eigenvalue weighted by molar-refractivity contribution is 5.76. The molecule has 8 nitrogen and oxygen atoms in total. The van der Waals surface area contributed by atoms with Gasteiger partial charge >= 0.3 is 12.4 Å². The number of carbonyl (C=O) groups is 1. The second kappa shape index (κ2) is 13.1. The molecule has 1 aromatic heterocycles. The van der Waals surface area contributed by atoms with Crippen molar-refractivity contribution < 1.29 is 36.0 Å². The lowest BCUT2D eigenvalue weighted by Crippen LogP contribution is -2.47. The molecule has 1 aromatic carbocycles. The molecule has 0 atom stereocenters. The molecule has 0 bridgehead atoms. The molecule has 1 amide bonds. The van der Waals surface area contributed by atoms with Gasteiger partial charge in [-0.3, -0.25) is 20.0 Å². The fraction of sp³-hybridized carbons (Fsp3) is 0.556. The number of pyridine rings is 1. The van der Waals surface area contributed by atoms with E-state index in [1.165, 1.54) is 25.4 Å². The van der Waals surface area contributed by atoms with E-state index in [0.717, 1.165) is 31.8 Å². The quantitative estimate of drug-likeness (QED) is 0.312. The van der Waals surface area contributed by atoms with Crippen LogP contribution in [0, 0.1) is 0 Å². The van der Waals surface area contributed by atoms with Gasteiger partial charge in [0.1, 0.15) is 5.69 Å². The van der Waals surface area contributed by atoms with Gasteiger partial charge in [-0.1, -0.05) is 0 Å². The van der Waals surface area contributed by atoms with E-state index in [1.54, 1.807) is 11.0 Å². The molecule has 4 rings (SSSR count). The number of piperidine rings is 1. The van der Waals surface area contributed by atoms with Crippen LogP contribution in [0.5, 0.6) is 0 Å². The number of likely N-dealkylation sites (tertiary alicyclic amines) is 1. The van der Waals surface area contributed by atoms with E-state index < -0.39 is 23.6 Å². The van der Waals surface area contributed by atoms with E-state index in [4.69, 9.17) is 0 Å². The van der Waals surface area contributed by atoms with Gasteiger partial charge in [0.15, 0.2) is 0 Å². The lowest BCUT2D eigenvalue weighted by atomic mass is 10.0. The van der Waals surface area contributed by atoms with Gasteiger partial charge in [-0.15, -0.1) is 0 Å². The molecule has 2 saturated heterocycles. The molecule has 0 radical (unpaired) electrons. The number of hydrogen-bond donors (Lipinski definition) is 2. The minimum Gasteiger partial charge on any atom is -0.382 e. The molecule has 0 spiro atoms. The smallest absolute Gasteiger partial charge is 0.382 e. The van der Waals surface area contributed by atoms with Crippen molar-refractivity contribution in [3.8, 4) is 0 Å². The van der Waals surface area contributed by atoms with Gasteiger partial charge in [-0.05, 0) is 56.1 Å². The van der Waals surface area contributed by atoms with Crippen molar-refractivity contribution in [2.75, 3.05) is 68.6 Å². The maximum Gasteiger partial charge on any atom is 0.433 e. The maximum absolute atomic E-state index is 13.4. The number of aromatic nitrogens is 1. The highest BCUT2D eigenvalue weighted by Crippen LogP contribution is 2.37. The second-order valence-corrected chi connectivity index (χ2v) is 10.2. The van der Waals surface area contributed by atoms with E-state index in [-0.39, 0.29) is 17.6 Å². The molecule has 0 saturated carbocycles. The Morgan fingerprint density at radius 3 is 2.27 bits per heavy atom. The summed E-state index contributed by atoms with van der Waals surface area (Å²) in [4.78, 5) is 27.0. The normalized spacial score (nSPS) is 17.5. The average molecular weight is 589 g/mol. The predicted octanol–water partition coefficient (Wildman–Crippen LogP) is 5.10. The lowest BCUT2D eigenvalue weighted by molar-refractivity contribution is -0.141. The number of halogens is 6. The van der Waals surface area contributed by atoms with Crippen LogP contribution in [0.25, 0.3) is 0 Å². The van der Waals surface area contributed by atoms with E-state index >= 15 is 0 Å². The van der Waals surface area contributed by atoms with Crippen molar-refractivity contribution in [2.24, 2.45) is 0 Å². The third kappa shape index (κ3) is 8.38. The van der Waals surface area contributed by atoms with E-state index in [0.29, 0.717) is 63.2 Å². The largest absolute Gasteiger partial charge is 0.433 e. The summed E-state index contributed by atoms with van der Waals surface area (Å²) in [7, 11) is 1.25. The van der Waals surface area contributed by atoms with Crippen LogP contribution in [0.2, 0.25) is 0 Å². The van der Waals surface area contributed by atoms with Crippen molar-refractivity contribution in [3.63, 3.8) is 0 Å². The zero-order valence-corrected chi connectivity index (χ0v) is 22.7. The average Bonchev–Trinajstić information content (AvgIpc) is 2.94. The standard InChI is InChI=1S/C27H34F6N6O2/c1-41-36-23-6-4-20(17-22(23)26(28,29)30)35-19-8-11-39(12-9-19)25(40)3-2-10-37-13-15-38(16-14-37)21-5-7-24(34-18-21)27(31,32)33/h4-7,17-19,35-36H,2-3,8-16H2,1H3. The van der Waals surface area contributed by atoms with Crippen LogP contribution < -0.4 is 15.7 Å². The SMILES string of the molecule is CONc1ccc(NC2CCN(C(=O)CCCN3CCN(c4ccc(C(F)(F)F)nc4)CC3)CC2)cc1C(F)(F)F. The Bertz CT molecular complexity index is 1140. The molecule has 3 heterocycles. The Balaban J connectivity index is 1.15. The Hall–Kier alpha value is -3.26. The van der Waals surface area contributed by atoms with Crippen molar-refractivity contribution >= 4 is 23.0 Å². The highest BCUT2D eigenvalue weighted by Gasteiger charge is 2.35.